The van der Waals surface area contributed by atoms with Crippen LogP contribution in [0.5, 0.6) is 0 Å². The maximum Gasteiger partial charge on any atom is 0.309 e. The maximum absolute atomic E-state index is 14.1. The molecule has 5 nitrogen and oxygen atoms in total. The van der Waals surface area contributed by atoms with Crippen LogP contribution in [0.1, 0.15) is 25.3 Å². The van der Waals surface area contributed by atoms with Gasteiger partial charge in [0.25, 0.3) is 0 Å². The zero-order valence-corrected chi connectivity index (χ0v) is 12.2. The Bertz CT molecular complexity index is 669. The number of hydrogen-bond acceptors (Lipinski definition) is 4. The van der Waals surface area contributed by atoms with E-state index in [1.165, 1.54) is 19.2 Å². The molecule has 1 fully saturated rings. The number of sulfonamides is 1. The predicted molar refractivity (Wildman–Crippen MR) is 69.8 cm³/mol. The highest BCUT2D eigenvalue weighted by Crippen LogP contribution is 2.65. The second-order valence-electron chi connectivity index (χ2n) is 5.53. The SMILES string of the molecule is COC(=O)[C@H]1[C@H](c2ccc(S(N)(=O)=O)cc2F)C1(C)C. The summed E-state index contributed by atoms with van der Waals surface area (Å²) < 4.78 is 41.1. The van der Waals surface area contributed by atoms with Crippen LogP contribution in [0.2, 0.25) is 0 Å². The van der Waals surface area contributed by atoms with Crippen molar-refractivity contribution in [2.45, 2.75) is 24.7 Å². The number of esters is 1. The average Bonchev–Trinajstić information content (AvgIpc) is 2.89. The molecule has 0 radical (unpaired) electrons. The van der Waals surface area contributed by atoms with Crippen LogP contribution in [0.3, 0.4) is 0 Å². The molecule has 1 aromatic carbocycles. The first-order valence-electron chi connectivity index (χ1n) is 6.00. The van der Waals surface area contributed by atoms with Gasteiger partial charge in [-0.3, -0.25) is 4.79 Å². The molecule has 1 saturated carbocycles. The van der Waals surface area contributed by atoms with E-state index in [9.17, 15) is 17.6 Å². The third-order valence-electron chi connectivity index (χ3n) is 3.92. The van der Waals surface area contributed by atoms with Crippen molar-refractivity contribution >= 4 is 16.0 Å². The molecule has 0 aliphatic heterocycles. The molecule has 0 heterocycles. The van der Waals surface area contributed by atoms with E-state index in [4.69, 9.17) is 9.88 Å². The number of rotatable bonds is 3. The van der Waals surface area contributed by atoms with E-state index in [2.05, 4.69) is 0 Å². The second-order valence-corrected chi connectivity index (χ2v) is 7.09. The molecule has 0 bridgehead atoms. The van der Waals surface area contributed by atoms with Crippen molar-refractivity contribution in [1.29, 1.82) is 0 Å². The molecule has 1 aliphatic rings. The number of nitrogens with two attached hydrogens (primary N) is 1. The van der Waals surface area contributed by atoms with Crippen molar-refractivity contribution in [2.75, 3.05) is 7.11 Å². The molecule has 2 rings (SSSR count). The van der Waals surface area contributed by atoms with Gasteiger partial charge in [0.15, 0.2) is 0 Å². The maximum atomic E-state index is 14.1. The molecule has 0 unspecified atom stereocenters. The lowest BCUT2D eigenvalue weighted by atomic mass is 10.0. The molecule has 110 valence electrons. The van der Waals surface area contributed by atoms with Gasteiger partial charge >= 0.3 is 5.97 Å². The Morgan fingerprint density at radius 1 is 1.40 bits per heavy atom. The van der Waals surface area contributed by atoms with E-state index < -0.39 is 33.1 Å². The molecule has 1 aromatic rings. The first kappa shape index (κ1) is 14.9. The van der Waals surface area contributed by atoms with Crippen molar-refractivity contribution in [2.24, 2.45) is 16.5 Å². The van der Waals surface area contributed by atoms with Crippen LogP contribution in [0.15, 0.2) is 23.1 Å². The van der Waals surface area contributed by atoms with E-state index in [0.717, 1.165) is 6.07 Å². The molecular formula is C13H16FNO4S. The third kappa shape index (κ3) is 2.31. The van der Waals surface area contributed by atoms with E-state index in [1.807, 2.05) is 13.8 Å². The Labute approximate surface area is 117 Å². The summed E-state index contributed by atoms with van der Waals surface area (Å²) in [4.78, 5) is 11.4. The normalized spacial score (nSPS) is 24.2. The van der Waals surface area contributed by atoms with Crippen molar-refractivity contribution in [3.63, 3.8) is 0 Å². The van der Waals surface area contributed by atoms with Crippen molar-refractivity contribution in [3.8, 4) is 0 Å². The van der Waals surface area contributed by atoms with Crippen LogP contribution >= 0.6 is 0 Å². The predicted octanol–water partition coefficient (Wildman–Crippen LogP) is 1.39. The van der Waals surface area contributed by atoms with E-state index in [0.29, 0.717) is 5.56 Å². The van der Waals surface area contributed by atoms with Gasteiger partial charge in [-0.25, -0.2) is 17.9 Å². The minimum absolute atomic E-state index is 0.285. The summed E-state index contributed by atoms with van der Waals surface area (Å²) in [5.74, 6) is -1.83. The molecule has 2 N–H and O–H groups in total. The summed E-state index contributed by atoms with van der Waals surface area (Å²) in [6.45, 7) is 3.68. The minimum Gasteiger partial charge on any atom is -0.469 e. The van der Waals surface area contributed by atoms with E-state index in [1.54, 1.807) is 0 Å². The number of primary sulfonamides is 1. The number of halogens is 1. The quantitative estimate of drug-likeness (QED) is 0.855. The Kier molecular flexibility index (Phi) is 3.38. The summed E-state index contributed by atoms with van der Waals surface area (Å²) in [6.07, 6.45) is 0. The van der Waals surface area contributed by atoms with Gasteiger partial charge in [0.1, 0.15) is 5.82 Å². The lowest BCUT2D eigenvalue weighted by Gasteiger charge is -2.06. The van der Waals surface area contributed by atoms with Crippen LogP contribution in [-0.2, 0) is 19.6 Å². The van der Waals surface area contributed by atoms with Gasteiger partial charge in [0.05, 0.1) is 17.9 Å². The highest BCUT2D eigenvalue weighted by molar-refractivity contribution is 7.89. The van der Waals surface area contributed by atoms with Crippen molar-refractivity contribution in [3.05, 3.63) is 29.6 Å². The van der Waals surface area contributed by atoms with Crippen LogP contribution < -0.4 is 5.14 Å². The van der Waals surface area contributed by atoms with E-state index >= 15 is 0 Å². The van der Waals surface area contributed by atoms with Gasteiger partial charge in [-0.2, -0.15) is 0 Å². The molecule has 0 saturated heterocycles. The monoisotopic (exact) mass is 301 g/mol. The fraction of sp³-hybridized carbons (Fsp3) is 0.462. The Hall–Kier alpha value is -1.47. The zero-order chi connectivity index (χ0) is 15.3. The van der Waals surface area contributed by atoms with Gasteiger partial charge < -0.3 is 4.74 Å². The first-order chi connectivity index (χ1) is 9.10. The summed E-state index contributed by atoms with van der Waals surface area (Å²) in [5, 5.41) is 4.95. The lowest BCUT2D eigenvalue weighted by molar-refractivity contribution is -0.143. The van der Waals surface area contributed by atoms with Crippen LogP contribution in [0.25, 0.3) is 0 Å². The Morgan fingerprint density at radius 3 is 2.45 bits per heavy atom. The number of ether oxygens (including phenoxy) is 1. The molecule has 1 aliphatic carbocycles. The molecule has 7 heteroatoms. The highest BCUT2D eigenvalue weighted by atomic mass is 32.2. The van der Waals surface area contributed by atoms with Gasteiger partial charge in [0, 0.05) is 5.92 Å². The Morgan fingerprint density at radius 2 is 2.00 bits per heavy atom. The largest absolute Gasteiger partial charge is 0.469 e. The molecule has 0 aromatic heterocycles. The van der Waals surface area contributed by atoms with Crippen LogP contribution in [0, 0.1) is 17.2 Å². The summed E-state index contributed by atoms with van der Waals surface area (Å²) in [6, 6.07) is 3.49. The minimum atomic E-state index is -3.94. The van der Waals surface area contributed by atoms with Gasteiger partial charge in [-0.15, -0.1) is 0 Å². The van der Waals surface area contributed by atoms with Crippen molar-refractivity contribution in [1.82, 2.24) is 0 Å². The number of carbonyl (C=O) groups is 1. The van der Waals surface area contributed by atoms with Gasteiger partial charge in [-0.05, 0) is 23.1 Å². The highest BCUT2D eigenvalue weighted by Gasteiger charge is 2.63. The number of carbonyl (C=O) groups excluding carboxylic acids is 1. The number of hydrogen-bond donors (Lipinski definition) is 1. The number of benzene rings is 1. The smallest absolute Gasteiger partial charge is 0.309 e. The Balaban J connectivity index is 2.39. The number of methoxy groups -OCH3 is 1. The summed E-state index contributed by atoms with van der Waals surface area (Å²) in [5.41, 5.74) is -0.116. The standard InChI is InChI=1S/C13H16FNO4S/c1-13(2)10(11(13)12(16)19-3)8-5-4-7(6-9(8)14)20(15,17)18/h4-6,10-11H,1-3H3,(H2,15,17,18)/t10-,11+/m0/s1. The molecule has 0 amide bonds. The summed E-state index contributed by atoms with van der Waals surface area (Å²) in [7, 11) is -2.66. The molecule has 20 heavy (non-hydrogen) atoms. The zero-order valence-electron chi connectivity index (χ0n) is 11.4. The molecule has 0 spiro atoms. The molecular weight excluding hydrogens is 285 g/mol. The summed E-state index contributed by atoms with van der Waals surface area (Å²) >= 11 is 0. The van der Waals surface area contributed by atoms with Gasteiger partial charge in [0.2, 0.25) is 10.0 Å². The van der Waals surface area contributed by atoms with E-state index in [-0.39, 0.29) is 10.8 Å². The fourth-order valence-electron chi connectivity index (χ4n) is 2.72. The topological polar surface area (TPSA) is 86.5 Å². The first-order valence-corrected chi connectivity index (χ1v) is 7.55. The van der Waals surface area contributed by atoms with Crippen LogP contribution in [0.4, 0.5) is 4.39 Å². The van der Waals surface area contributed by atoms with Crippen molar-refractivity contribution < 1.29 is 22.3 Å². The van der Waals surface area contributed by atoms with Gasteiger partial charge in [-0.1, -0.05) is 19.9 Å². The third-order valence-corrected chi connectivity index (χ3v) is 4.83. The lowest BCUT2D eigenvalue weighted by Crippen LogP contribution is -2.12. The second kappa shape index (κ2) is 4.53. The molecule has 2 atom stereocenters. The fourth-order valence-corrected chi connectivity index (χ4v) is 3.25. The average molecular weight is 301 g/mol. The van der Waals surface area contributed by atoms with Crippen LogP contribution in [-0.4, -0.2) is 21.5 Å².